The maximum atomic E-state index is 5.81. The average molecular weight is 260 g/mol. The van der Waals surface area contributed by atoms with Crippen LogP contribution in [0.4, 0.5) is 5.69 Å². The second-order valence-corrected chi connectivity index (χ2v) is 5.79. The van der Waals surface area contributed by atoms with Crippen LogP contribution in [0.3, 0.4) is 0 Å². The molecule has 1 saturated heterocycles. The van der Waals surface area contributed by atoms with Gasteiger partial charge < -0.3 is 15.0 Å². The summed E-state index contributed by atoms with van der Waals surface area (Å²) in [7, 11) is 0. The van der Waals surface area contributed by atoms with Crippen molar-refractivity contribution >= 4 is 5.69 Å². The van der Waals surface area contributed by atoms with Gasteiger partial charge in [-0.2, -0.15) is 0 Å². The van der Waals surface area contributed by atoms with E-state index in [0.717, 1.165) is 24.4 Å². The van der Waals surface area contributed by atoms with Crippen molar-refractivity contribution in [3.8, 4) is 5.75 Å². The molecule has 2 aliphatic heterocycles. The summed E-state index contributed by atoms with van der Waals surface area (Å²) in [6.45, 7) is 6.76. The van der Waals surface area contributed by atoms with E-state index < -0.39 is 0 Å². The summed E-state index contributed by atoms with van der Waals surface area (Å²) in [6.07, 6.45) is 5.57. The standard InChI is InChI=1S/C16H24N2O/c1-13-12-17-15-11-14(5-6-16(15)19-13)7-10-18-8-3-2-4-9-18/h5-6,11,13,17H,2-4,7-10,12H2,1H3. The molecular formula is C16H24N2O. The van der Waals surface area contributed by atoms with Gasteiger partial charge in [-0.25, -0.2) is 0 Å². The molecule has 3 rings (SSSR count). The van der Waals surface area contributed by atoms with Gasteiger partial charge in [0.15, 0.2) is 0 Å². The van der Waals surface area contributed by atoms with Crippen molar-refractivity contribution < 1.29 is 4.74 Å². The van der Waals surface area contributed by atoms with Gasteiger partial charge in [-0.15, -0.1) is 0 Å². The Morgan fingerprint density at radius 3 is 2.95 bits per heavy atom. The maximum absolute atomic E-state index is 5.81. The molecule has 0 aromatic heterocycles. The van der Waals surface area contributed by atoms with E-state index in [2.05, 4.69) is 35.3 Å². The zero-order valence-corrected chi connectivity index (χ0v) is 11.8. The number of nitrogens with zero attached hydrogens (tertiary/aromatic N) is 1. The number of benzene rings is 1. The quantitative estimate of drug-likeness (QED) is 0.904. The molecule has 0 bridgehead atoms. The fourth-order valence-electron chi connectivity index (χ4n) is 2.96. The lowest BCUT2D eigenvalue weighted by Gasteiger charge is -2.27. The van der Waals surface area contributed by atoms with Crippen LogP contribution in [0.2, 0.25) is 0 Å². The SMILES string of the molecule is CC1CNc2cc(CCN3CCCCC3)ccc2O1. The minimum absolute atomic E-state index is 0.270. The molecule has 1 N–H and O–H groups in total. The second kappa shape index (κ2) is 5.83. The number of nitrogens with one attached hydrogen (secondary N) is 1. The summed E-state index contributed by atoms with van der Waals surface area (Å²) in [4.78, 5) is 2.59. The zero-order valence-electron chi connectivity index (χ0n) is 11.8. The van der Waals surface area contributed by atoms with Crippen LogP contribution >= 0.6 is 0 Å². The molecule has 3 nitrogen and oxygen atoms in total. The molecule has 0 spiro atoms. The van der Waals surface area contributed by atoms with E-state index in [-0.39, 0.29) is 6.10 Å². The number of likely N-dealkylation sites (tertiary alicyclic amines) is 1. The molecule has 0 aliphatic carbocycles. The van der Waals surface area contributed by atoms with Gasteiger partial charge >= 0.3 is 0 Å². The predicted molar refractivity (Wildman–Crippen MR) is 79.0 cm³/mol. The van der Waals surface area contributed by atoms with Gasteiger partial charge in [0.1, 0.15) is 11.9 Å². The third-order valence-corrected chi connectivity index (χ3v) is 4.12. The van der Waals surface area contributed by atoms with Crippen molar-refractivity contribution in [2.75, 3.05) is 31.5 Å². The van der Waals surface area contributed by atoms with E-state index in [4.69, 9.17) is 4.74 Å². The van der Waals surface area contributed by atoms with Crippen molar-refractivity contribution in [1.82, 2.24) is 4.90 Å². The molecule has 1 unspecified atom stereocenters. The lowest BCUT2D eigenvalue weighted by molar-refractivity contribution is 0.225. The monoisotopic (exact) mass is 260 g/mol. The summed E-state index contributed by atoms with van der Waals surface area (Å²) < 4.78 is 5.81. The van der Waals surface area contributed by atoms with Gasteiger partial charge in [0.05, 0.1) is 12.2 Å². The molecule has 1 aromatic rings. The van der Waals surface area contributed by atoms with Gasteiger partial charge in [0, 0.05) is 6.54 Å². The van der Waals surface area contributed by atoms with Gasteiger partial charge in [-0.1, -0.05) is 12.5 Å². The van der Waals surface area contributed by atoms with Gasteiger partial charge in [-0.3, -0.25) is 0 Å². The van der Waals surface area contributed by atoms with Crippen LogP contribution in [0, 0.1) is 0 Å². The molecule has 1 atom stereocenters. The normalized spacial score (nSPS) is 23.3. The Morgan fingerprint density at radius 2 is 2.11 bits per heavy atom. The third kappa shape index (κ3) is 3.21. The van der Waals surface area contributed by atoms with Crippen LogP contribution in [0.5, 0.6) is 5.75 Å². The Morgan fingerprint density at radius 1 is 1.26 bits per heavy atom. The highest BCUT2D eigenvalue weighted by Gasteiger charge is 2.16. The van der Waals surface area contributed by atoms with Crippen molar-refractivity contribution in [3.63, 3.8) is 0 Å². The van der Waals surface area contributed by atoms with E-state index in [1.165, 1.54) is 44.5 Å². The van der Waals surface area contributed by atoms with Crippen molar-refractivity contribution in [2.45, 2.75) is 38.7 Å². The molecule has 2 aliphatic rings. The summed E-state index contributed by atoms with van der Waals surface area (Å²) in [6, 6.07) is 6.58. The highest BCUT2D eigenvalue weighted by Crippen LogP contribution is 2.30. The second-order valence-electron chi connectivity index (χ2n) is 5.79. The number of rotatable bonds is 3. The first-order valence-electron chi connectivity index (χ1n) is 7.57. The largest absolute Gasteiger partial charge is 0.487 e. The molecule has 3 heteroatoms. The average Bonchev–Trinajstić information content (AvgIpc) is 2.46. The number of hydrogen-bond donors (Lipinski definition) is 1. The van der Waals surface area contributed by atoms with E-state index in [0.29, 0.717) is 0 Å². The highest BCUT2D eigenvalue weighted by atomic mass is 16.5. The van der Waals surface area contributed by atoms with Crippen molar-refractivity contribution in [2.24, 2.45) is 0 Å². The minimum atomic E-state index is 0.270. The fraction of sp³-hybridized carbons (Fsp3) is 0.625. The Kier molecular flexibility index (Phi) is 3.92. The number of hydrogen-bond acceptors (Lipinski definition) is 3. The van der Waals surface area contributed by atoms with Gasteiger partial charge in [0.25, 0.3) is 0 Å². The molecule has 1 fully saturated rings. The predicted octanol–water partition coefficient (Wildman–Crippen LogP) is 2.91. The smallest absolute Gasteiger partial charge is 0.142 e. The Bertz CT molecular complexity index is 427. The molecular weight excluding hydrogens is 236 g/mol. The number of ether oxygens (including phenoxy) is 1. The summed E-state index contributed by atoms with van der Waals surface area (Å²) in [5, 5.41) is 3.45. The lowest BCUT2D eigenvalue weighted by Crippen LogP contribution is -2.31. The zero-order chi connectivity index (χ0) is 13.1. The van der Waals surface area contributed by atoms with Crippen LogP contribution in [0.1, 0.15) is 31.7 Å². The molecule has 0 saturated carbocycles. The summed E-state index contributed by atoms with van der Waals surface area (Å²) in [5.74, 6) is 1.00. The lowest BCUT2D eigenvalue weighted by atomic mass is 10.1. The van der Waals surface area contributed by atoms with Crippen LogP contribution in [-0.4, -0.2) is 37.2 Å². The minimum Gasteiger partial charge on any atom is -0.487 e. The van der Waals surface area contributed by atoms with Crippen LogP contribution in [0.15, 0.2) is 18.2 Å². The first-order chi connectivity index (χ1) is 9.31. The summed E-state index contributed by atoms with van der Waals surface area (Å²) >= 11 is 0. The topological polar surface area (TPSA) is 24.5 Å². The maximum Gasteiger partial charge on any atom is 0.142 e. The first-order valence-corrected chi connectivity index (χ1v) is 7.57. The Labute approximate surface area is 115 Å². The van der Waals surface area contributed by atoms with Gasteiger partial charge in [0.2, 0.25) is 0 Å². The molecule has 0 amide bonds. The van der Waals surface area contributed by atoms with Crippen molar-refractivity contribution in [3.05, 3.63) is 23.8 Å². The van der Waals surface area contributed by atoms with E-state index in [9.17, 15) is 0 Å². The Hall–Kier alpha value is -1.22. The molecule has 104 valence electrons. The summed E-state index contributed by atoms with van der Waals surface area (Å²) in [5.41, 5.74) is 2.57. The Balaban J connectivity index is 1.59. The van der Waals surface area contributed by atoms with E-state index in [1.54, 1.807) is 0 Å². The number of piperidine rings is 1. The van der Waals surface area contributed by atoms with Crippen LogP contribution in [0.25, 0.3) is 0 Å². The fourth-order valence-corrected chi connectivity index (χ4v) is 2.96. The van der Waals surface area contributed by atoms with Crippen LogP contribution in [-0.2, 0) is 6.42 Å². The van der Waals surface area contributed by atoms with E-state index >= 15 is 0 Å². The molecule has 1 aromatic carbocycles. The first kappa shape index (κ1) is 12.8. The number of anilines is 1. The van der Waals surface area contributed by atoms with E-state index in [1.807, 2.05) is 0 Å². The van der Waals surface area contributed by atoms with Gasteiger partial charge in [-0.05, 0) is 57.0 Å². The van der Waals surface area contributed by atoms with Crippen LogP contribution < -0.4 is 10.1 Å². The molecule has 0 radical (unpaired) electrons. The number of fused-ring (bicyclic) bond motifs is 1. The molecule has 19 heavy (non-hydrogen) atoms. The third-order valence-electron chi connectivity index (χ3n) is 4.12. The van der Waals surface area contributed by atoms with Crippen molar-refractivity contribution in [1.29, 1.82) is 0 Å². The molecule has 2 heterocycles. The highest BCUT2D eigenvalue weighted by molar-refractivity contribution is 5.59.